The van der Waals surface area contributed by atoms with Gasteiger partial charge in [-0.15, -0.1) is 0 Å². The molecular weight excluding hydrogens is 611 g/mol. The Balaban J connectivity index is 1.12. The summed E-state index contributed by atoms with van der Waals surface area (Å²) in [6, 6.07) is 61.4. The molecule has 0 aliphatic rings. The molecule has 3 heteroatoms. The van der Waals surface area contributed by atoms with Crippen molar-refractivity contribution in [2.75, 3.05) is 0 Å². The molecule has 0 aliphatic carbocycles. The van der Waals surface area contributed by atoms with Crippen LogP contribution < -0.4 is 0 Å². The highest BCUT2D eigenvalue weighted by atomic mass is 16.3. The Bertz CT molecular complexity index is 2700. The van der Waals surface area contributed by atoms with Crippen molar-refractivity contribution in [3.8, 4) is 55.9 Å². The van der Waals surface area contributed by atoms with Gasteiger partial charge in [-0.1, -0.05) is 140 Å². The van der Waals surface area contributed by atoms with Crippen LogP contribution in [-0.2, 0) is 0 Å². The van der Waals surface area contributed by atoms with Crippen LogP contribution >= 0.6 is 0 Å². The summed E-state index contributed by atoms with van der Waals surface area (Å²) >= 11 is 0. The lowest BCUT2D eigenvalue weighted by Gasteiger charge is -2.12. The van der Waals surface area contributed by atoms with Crippen LogP contribution in [0.25, 0.3) is 99.8 Å². The number of para-hydroxylation sites is 4. The fourth-order valence-electron chi connectivity index (χ4n) is 7.26. The van der Waals surface area contributed by atoms with E-state index < -0.39 is 0 Å². The predicted octanol–water partition coefficient (Wildman–Crippen LogP) is 13.2. The first kappa shape index (κ1) is 28.3. The molecule has 3 nitrogen and oxygen atoms in total. The number of pyridine rings is 1. The molecule has 0 amide bonds. The molecule has 0 unspecified atom stereocenters. The van der Waals surface area contributed by atoms with E-state index >= 15 is 0 Å². The number of fused-ring (bicyclic) bond motifs is 6. The van der Waals surface area contributed by atoms with Gasteiger partial charge in [0.2, 0.25) is 0 Å². The van der Waals surface area contributed by atoms with Crippen LogP contribution in [0.15, 0.2) is 185 Å². The first-order valence-corrected chi connectivity index (χ1v) is 16.9. The van der Waals surface area contributed by atoms with Gasteiger partial charge < -0.3 is 8.83 Å². The third-order valence-corrected chi connectivity index (χ3v) is 9.68. The molecule has 0 saturated carbocycles. The third kappa shape index (κ3) is 4.71. The molecule has 0 atom stereocenters. The standard InChI is InChI=1S/C47H29NO2/c1-2-12-30(13-3-1)35-28-42(33-16-8-14-31(26-33)36-20-10-22-40-38-18-4-6-24-44(38)49-46(36)40)48-43(29-35)34-17-9-15-32(27-34)37-21-11-23-41-39-19-5-7-25-45(39)50-47(37)41/h1-29H. The lowest BCUT2D eigenvalue weighted by atomic mass is 9.96. The molecule has 0 fully saturated rings. The zero-order valence-electron chi connectivity index (χ0n) is 27.0. The molecule has 0 radical (unpaired) electrons. The van der Waals surface area contributed by atoms with Crippen molar-refractivity contribution >= 4 is 43.9 Å². The monoisotopic (exact) mass is 639 g/mol. The molecule has 234 valence electrons. The fourth-order valence-corrected chi connectivity index (χ4v) is 7.26. The molecule has 0 aliphatic heterocycles. The Morgan fingerprint density at radius 3 is 1.26 bits per heavy atom. The van der Waals surface area contributed by atoms with E-state index in [0.717, 1.165) is 99.8 Å². The summed E-state index contributed by atoms with van der Waals surface area (Å²) in [4.78, 5) is 5.32. The van der Waals surface area contributed by atoms with Gasteiger partial charge in [-0.05, 0) is 58.7 Å². The van der Waals surface area contributed by atoms with E-state index in [4.69, 9.17) is 13.8 Å². The van der Waals surface area contributed by atoms with Crippen LogP contribution in [-0.4, -0.2) is 4.98 Å². The van der Waals surface area contributed by atoms with Crippen molar-refractivity contribution < 1.29 is 8.83 Å². The van der Waals surface area contributed by atoms with E-state index in [0.29, 0.717) is 0 Å². The summed E-state index contributed by atoms with van der Waals surface area (Å²) in [5.74, 6) is 0. The summed E-state index contributed by atoms with van der Waals surface area (Å²) in [7, 11) is 0. The van der Waals surface area contributed by atoms with E-state index in [9.17, 15) is 0 Å². The molecule has 10 aromatic rings. The summed E-state index contributed by atoms with van der Waals surface area (Å²) in [6.45, 7) is 0. The first-order valence-electron chi connectivity index (χ1n) is 16.9. The maximum atomic E-state index is 6.41. The molecule has 0 spiro atoms. The first-order chi connectivity index (χ1) is 24.8. The van der Waals surface area contributed by atoms with E-state index in [1.165, 1.54) is 0 Å². The quantitative estimate of drug-likeness (QED) is 0.188. The molecule has 0 bridgehead atoms. The lowest BCUT2D eigenvalue weighted by molar-refractivity contribution is 0.669. The summed E-state index contributed by atoms with van der Waals surface area (Å²) in [5.41, 5.74) is 14.0. The molecule has 0 saturated heterocycles. The number of nitrogens with zero attached hydrogens (tertiary/aromatic N) is 1. The maximum Gasteiger partial charge on any atom is 0.143 e. The zero-order chi connectivity index (χ0) is 33.0. The highest BCUT2D eigenvalue weighted by Gasteiger charge is 2.16. The minimum Gasteiger partial charge on any atom is -0.455 e. The number of hydrogen-bond donors (Lipinski definition) is 0. The van der Waals surface area contributed by atoms with Gasteiger partial charge in [-0.25, -0.2) is 4.98 Å². The number of rotatable bonds is 5. The highest BCUT2D eigenvalue weighted by Crippen LogP contribution is 2.39. The van der Waals surface area contributed by atoms with Crippen molar-refractivity contribution in [3.63, 3.8) is 0 Å². The zero-order valence-corrected chi connectivity index (χ0v) is 27.0. The van der Waals surface area contributed by atoms with Gasteiger partial charge in [0.15, 0.2) is 0 Å². The normalized spacial score (nSPS) is 11.6. The van der Waals surface area contributed by atoms with Crippen molar-refractivity contribution in [2.45, 2.75) is 0 Å². The lowest BCUT2D eigenvalue weighted by Crippen LogP contribution is -1.92. The molecule has 0 N–H and O–H groups in total. The van der Waals surface area contributed by atoms with Gasteiger partial charge in [0.25, 0.3) is 0 Å². The Kier molecular flexibility index (Phi) is 6.49. The molecular formula is C47H29NO2. The Labute approximate surface area is 288 Å². The van der Waals surface area contributed by atoms with Crippen LogP contribution in [0, 0.1) is 0 Å². The molecule has 50 heavy (non-hydrogen) atoms. The summed E-state index contributed by atoms with van der Waals surface area (Å²) in [6.07, 6.45) is 0. The van der Waals surface area contributed by atoms with Crippen molar-refractivity contribution in [2.24, 2.45) is 0 Å². The van der Waals surface area contributed by atoms with Crippen LogP contribution in [0.2, 0.25) is 0 Å². The molecule has 3 aromatic heterocycles. The second-order valence-corrected chi connectivity index (χ2v) is 12.7. The predicted molar refractivity (Wildman–Crippen MR) is 206 cm³/mol. The smallest absolute Gasteiger partial charge is 0.143 e. The molecule has 7 aromatic carbocycles. The summed E-state index contributed by atoms with van der Waals surface area (Å²) in [5, 5.41) is 4.49. The van der Waals surface area contributed by atoms with Crippen molar-refractivity contribution in [1.82, 2.24) is 4.98 Å². The second-order valence-electron chi connectivity index (χ2n) is 12.7. The average molecular weight is 640 g/mol. The second kappa shape index (κ2) is 11.5. The van der Waals surface area contributed by atoms with Crippen LogP contribution in [0.5, 0.6) is 0 Å². The van der Waals surface area contributed by atoms with Crippen molar-refractivity contribution in [3.05, 3.63) is 176 Å². The number of benzene rings is 7. The van der Waals surface area contributed by atoms with Crippen LogP contribution in [0.1, 0.15) is 0 Å². The van der Waals surface area contributed by atoms with Gasteiger partial charge in [-0.3, -0.25) is 0 Å². The third-order valence-electron chi connectivity index (χ3n) is 9.68. The largest absolute Gasteiger partial charge is 0.455 e. The van der Waals surface area contributed by atoms with Gasteiger partial charge in [0.05, 0.1) is 11.4 Å². The number of hydrogen-bond acceptors (Lipinski definition) is 3. The number of furan rings is 2. The Hall–Kier alpha value is -6.71. The van der Waals surface area contributed by atoms with Gasteiger partial charge in [-0.2, -0.15) is 0 Å². The van der Waals surface area contributed by atoms with E-state index in [2.05, 4.69) is 152 Å². The topological polar surface area (TPSA) is 39.2 Å². The van der Waals surface area contributed by atoms with E-state index in [1.54, 1.807) is 0 Å². The Morgan fingerprint density at radius 2 is 0.720 bits per heavy atom. The van der Waals surface area contributed by atoms with Crippen molar-refractivity contribution in [1.29, 1.82) is 0 Å². The molecule has 3 heterocycles. The average Bonchev–Trinajstić information content (AvgIpc) is 3.77. The summed E-state index contributed by atoms with van der Waals surface area (Å²) < 4.78 is 12.8. The number of aromatic nitrogens is 1. The van der Waals surface area contributed by atoms with Gasteiger partial charge in [0, 0.05) is 43.8 Å². The maximum absolute atomic E-state index is 6.41. The molecule has 10 rings (SSSR count). The fraction of sp³-hybridized carbons (Fsp3) is 0. The minimum atomic E-state index is 0.895. The SMILES string of the molecule is c1ccc(-c2cc(-c3cccc(-c4cccc5c4oc4ccccc45)c3)nc(-c3cccc(-c4cccc5c4oc4ccccc45)c3)c2)cc1. The van der Waals surface area contributed by atoms with Crippen LogP contribution in [0.4, 0.5) is 0 Å². The van der Waals surface area contributed by atoms with Gasteiger partial charge in [0.1, 0.15) is 22.3 Å². The minimum absolute atomic E-state index is 0.895. The van der Waals surface area contributed by atoms with Crippen LogP contribution in [0.3, 0.4) is 0 Å². The Morgan fingerprint density at radius 1 is 0.300 bits per heavy atom. The highest BCUT2D eigenvalue weighted by molar-refractivity contribution is 6.10. The van der Waals surface area contributed by atoms with Gasteiger partial charge >= 0.3 is 0 Å². The van der Waals surface area contributed by atoms with E-state index in [1.807, 2.05) is 24.3 Å². The van der Waals surface area contributed by atoms with E-state index in [-0.39, 0.29) is 0 Å².